The number of fused-ring (bicyclic) bond motifs is 3. The molecule has 0 saturated carbocycles. The average Bonchev–Trinajstić information content (AvgIpc) is 3.14. The van der Waals surface area contributed by atoms with Gasteiger partial charge in [0.25, 0.3) is 5.56 Å². The highest BCUT2D eigenvalue weighted by molar-refractivity contribution is 6.33. The topological polar surface area (TPSA) is 103 Å². The maximum absolute atomic E-state index is 15.0. The molecule has 0 spiro atoms. The first-order valence-corrected chi connectivity index (χ1v) is 11.3. The molecule has 1 aromatic carbocycles. The molecule has 186 valence electrons. The molecule has 2 aliphatic rings. The van der Waals surface area contributed by atoms with Crippen LogP contribution < -0.4 is 16.2 Å². The van der Waals surface area contributed by atoms with Gasteiger partial charge < -0.3 is 5.32 Å². The number of amides is 2. The largest absolute Gasteiger partial charge is 0.496 e. The molecule has 8 nitrogen and oxygen atoms in total. The van der Waals surface area contributed by atoms with Gasteiger partial charge in [-0.15, -0.1) is 0 Å². The molecule has 0 saturated heterocycles. The molecule has 0 aliphatic carbocycles. The molecule has 4 heterocycles. The van der Waals surface area contributed by atoms with Gasteiger partial charge in [0.1, 0.15) is 24.1 Å². The van der Waals surface area contributed by atoms with E-state index in [-0.39, 0.29) is 33.7 Å². The molecule has 0 fully saturated rings. The number of anilines is 2. The zero-order chi connectivity index (χ0) is 25.6. The van der Waals surface area contributed by atoms with Crippen LogP contribution in [0, 0.1) is 5.82 Å². The summed E-state index contributed by atoms with van der Waals surface area (Å²) in [5, 5.41) is 11.3. The number of nitrogens with one attached hydrogen (secondary N) is 3. The predicted octanol–water partition coefficient (Wildman–Crippen LogP) is 4.68. The Morgan fingerprint density at radius 3 is 2.78 bits per heavy atom. The Balaban J connectivity index is 1.34. The summed E-state index contributed by atoms with van der Waals surface area (Å²) in [4.78, 5) is 28.6. The van der Waals surface area contributed by atoms with Crippen molar-refractivity contribution in [2.45, 2.75) is 31.5 Å². The normalized spacial score (nSPS) is 16.6. The van der Waals surface area contributed by atoms with Crippen LogP contribution in [-0.2, 0) is 6.42 Å². The SMILES string of the molecule is O=C(Nc1cc(Cl)c(-c2ccc(NCC(F)(F)F)nc2)cc1F)[N+]1=C2CCC1c1n[nH]c(=O)cc1C2. The fraction of sp³-hybridized carbons (Fsp3) is 0.261. The van der Waals surface area contributed by atoms with Crippen molar-refractivity contribution >= 4 is 34.8 Å². The lowest BCUT2D eigenvalue weighted by Gasteiger charge is -2.19. The first-order valence-electron chi connectivity index (χ1n) is 10.9. The van der Waals surface area contributed by atoms with Crippen LogP contribution in [0.15, 0.2) is 41.3 Å². The number of carbonyl (C=O) groups excluding carboxylic acids is 1. The summed E-state index contributed by atoms with van der Waals surface area (Å²) in [6.45, 7) is -1.24. The van der Waals surface area contributed by atoms with Crippen LogP contribution in [0.3, 0.4) is 0 Å². The number of rotatable bonds is 4. The molecule has 0 radical (unpaired) electrons. The molecule has 3 aromatic rings. The Kier molecular flexibility index (Phi) is 5.99. The molecule has 1 atom stereocenters. The Bertz CT molecular complexity index is 1450. The summed E-state index contributed by atoms with van der Waals surface area (Å²) >= 11 is 6.34. The maximum Gasteiger partial charge on any atom is 0.496 e. The Hall–Kier alpha value is -3.80. The van der Waals surface area contributed by atoms with E-state index in [1.54, 1.807) is 0 Å². The highest BCUT2D eigenvalue weighted by atomic mass is 35.5. The van der Waals surface area contributed by atoms with E-state index in [2.05, 4.69) is 25.8 Å². The first kappa shape index (κ1) is 23.9. The number of carbonyl (C=O) groups is 1. The average molecular weight is 522 g/mol. The number of aromatic nitrogens is 3. The van der Waals surface area contributed by atoms with Gasteiger partial charge in [-0.3, -0.25) is 4.79 Å². The lowest BCUT2D eigenvalue weighted by molar-refractivity contribution is -0.469. The van der Waals surface area contributed by atoms with Gasteiger partial charge in [-0.05, 0) is 23.8 Å². The van der Waals surface area contributed by atoms with E-state index in [4.69, 9.17) is 11.6 Å². The summed E-state index contributed by atoms with van der Waals surface area (Å²) in [5.41, 5.74) is 2.39. The molecule has 2 amide bonds. The number of hydrogen-bond acceptors (Lipinski definition) is 5. The number of H-pyrrole nitrogens is 1. The van der Waals surface area contributed by atoms with E-state index < -0.39 is 24.6 Å². The van der Waals surface area contributed by atoms with Gasteiger partial charge in [-0.2, -0.15) is 27.6 Å². The molecule has 2 aromatic heterocycles. The number of nitrogens with zero attached hydrogens (tertiary/aromatic N) is 3. The number of benzene rings is 1. The molecule has 3 N–H and O–H groups in total. The smallest absolute Gasteiger partial charge is 0.361 e. The third-order valence-electron chi connectivity index (χ3n) is 6.05. The van der Waals surface area contributed by atoms with Crippen molar-refractivity contribution < 1.29 is 26.9 Å². The summed E-state index contributed by atoms with van der Waals surface area (Å²) in [5.74, 6) is -0.746. The van der Waals surface area contributed by atoms with Crippen molar-refractivity contribution in [3.05, 3.63) is 69.0 Å². The second-order valence-corrected chi connectivity index (χ2v) is 8.86. The van der Waals surface area contributed by atoms with Crippen LogP contribution >= 0.6 is 11.6 Å². The van der Waals surface area contributed by atoms with Gasteiger partial charge >= 0.3 is 12.2 Å². The van der Waals surface area contributed by atoms with Gasteiger partial charge in [0.15, 0.2) is 11.5 Å². The van der Waals surface area contributed by atoms with Gasteiger partial charge in [-0.1, -0.05) is 11.6 Å². The van der Waals surface area contributed by atoms with Gasteiger partial charge in [0, 0.05) is 48.7 Å². The fourth-order valence-corrected chi connectivity index (χ4v) is 4.75. The minimum atomic E-state index is -4.39. The Labute approximate surface area is 206 Å². The molecule has 1 unspecified atom stereocenters. The van der Waals surface area contributed by atoms with E-state index in [9.17, 15) is 27.2 Å². The lowest BCUT2D eigenvalue weighted by atomic mass is 10.0. The number of halogens is 5. The van der Waals surface area contributed by atoms with E-state index in [0.29, 0.717) is 30.5 Å². The van der Waals surface area contributed by atoms with Gasteiger partial charge in [-0.25, -0.2) is 19.8 Å². The predicted molar refractivity (Wildman–Crippen MR) is 124 cm³/mol. The number of pyridine rings is 1. The fourth-order valence-electron chi connectivity index (χ4n) is 4.48. The zero-order valence-electron chi connectivity index (χ0n) is 18.4. The van der Waals surface area contributed by atoms with E-state index in [1.807, 2.05) is 0 Å². The van der Waals surface area contributed by atoms with Gasteiger partial charge in [0.2, 0.25) is 0 Å². The molecular formula is C23H18ClF4N6O2+. The van der Waals surface area contributed by atoms with E-state index in [1.165, 1.54) is 35.0 Å². The lowest BCUT2D eigenvalue weighted by Crippen LogP contribution is -2.36. The minimum Gasteiger partial charge on any atom is -0.361 e. The molecule has 2 bridgehead atoms. The highest BCUT2D eigenvalue weighted by Crippen LogP contribution is 2.36. The number of alkyl halides is 3. The number of aromatic amines is 1. The Morgan fingerprint density at radius 1 is 1.25 bits per heavy atom. The zero-order valence-corrected chi connectivity index (χ0v) is 19.2. The van der Waals surface area contributed by atoms with Crippen LogP contribution in [0.4, 0.5) is 33.9 Å². The summed E-state index contributed by atoms with van der Waals surface area (Å²) in [6, 6.07) is 5.73. The molecule has 36 heavy (non-hydrogen) atoms. The monoisotopic (exact) mass is 521 g/mol. The highest BCUT2D eigenvalue weighted by Gasteiger charge is 2.42. The quantitative estimate of drug-likeness (QED) is 0.342. The Morgan fingerprint density at radius 2 is 2.06 bits per heavy atom. The number of urea groups is 1. The molecule has 5 rings (SSSR count). The van der Waals surface area contributed by atoms with Crippen molar-refractivity contribution in [1.82, 2.24) is 15.2 Å². The second kappa shape index (κ2) is 9.01. The molecule has 13 heteroatoms. The minimum absolute atomic E-state index is 0.00496. The van der Waals surface area contributed by atoms with Crippen LogP contribution in [0.2, 0.25) is 5.02 Å². The van der Waals surface area contributed by atoms with E-state index in [0.717, 1.165) is 17.3 Å². The van der Waals surface area contributed by atoms with Crippen LogP contribution in [0.1, 0.15) is 30.1 Å². The van der Waals surface area contributed by atoms with Crippen molar-refractivity contribution in [3.63, 3.8) is 0 Å². The van der Waals surface area contributed by atoms with Crippen LogP contribution in [0.5, 0.6) is 0 Å². The van der Waals surface area contributed by atoms with Crippen LogP contribution in [0.25, 0.3) is 11.1 Å². The second-order valence-electron chi connectivity index (χ2n) is 8.45. The summed E-state index contributed by atoms with van der Waals surface area (Å²) in [7, 11) is 0. The van der Waals surface area contributed by atoms with E-state index >= 15 is 0 Å². The summed E-state index contributed by atoms with van der Waals surface area (Å²) in [6.07, 6.45) is -1.44. The van der Waals surface area contributed by atoms with Gasteiger partial charge in [0.05, 0.1) is 10.7 Å². The standard InChI is InChI=1S/C23H17ClF4N6O2/c24-15-8-17(16(25)7-14(15)11-1-4-19(29-9-11)30-10-23(26,27)28)31-22(36)34-13-2-3-18(34)21-12(5-13)6-20(35)32-33-21/h1,4,6-9,18H,2-3,5,10H2,(H2-,29,30,31,32,33,35,36)/p+1. The third-order valence-corrected chi connectivity index (χ3v) is 6.36. The van der Waals surface area contributed by atoms with Crippen molar-refractivity contribution in [1.29, 1.82) is 0 Å². The first-order chi connectivity index (χ1) is 17.1. The molecular weight excluding hydrogens is 504 g/mol. The maximum atomic E-state index is 15.0. The van der Waals surface area contributed by atoms with Crippen molar-refractivity contribution in [3.8, 4) is 11.1 Å². The third kappa shape index (κ3) is 4.68. The number of hydrogen-bond donors (Lipinski definition) is 3. The van der Waals surface area contributed by atoms with Crippen LogP contribution in [-0.4, -0.2) is 44.2 Å². The summed E-state index contributed by atoms with van der Waals surface area (Å²) < 4.78 is 53.6. The van der Waals surface area contributed by atoms with Crippen molar-refractivity contribution in [2.75, 3.05) is 17.2 Å². The molecule has 2 aliphatic heterocycles. The van der Waals surface area contributed by atoms with Crippen molar-refractivity contribution in [2.24, 2.45) is 0 Å².